The number of halogens is 3. The van der Waals surface area contributed by atoms with Crippen molar-refractivity contribution < 1.29 is 22.4 Å². The smallest absolute Gasteiger partial charge is 0.416 e. The Bertz CT molecular complexity index is 929. The van der Waals surface area contributed by atoms with Crippen molar-refractivity contribution in [2.24, 2.45) is 5.92 Å². The molecule has 1 heterocycles. The number of benzene rings is 2. The number of anilines is 1. The maximum Gasteiger partial charge on any atom is 0.416 e. The van der Waals surface area contributed by atoms with E-state index >= 15 is 0 Å². The average molecular weight is 348 g/mol. The van der Waals surface area contributed by atoms with Gasteiger partial charge in [-0.2, -0.15) is 13.2 Å². The molecule has 0 aliphatic carbocycles. The Kier molecular flexibility index (Phi) is 4.24. The summed E-state index contributed by atoms with van der Waals surface area (Å²) in [4.78, 5) is 16.0. The van der Waals surface area contributed by atoms with E-state index in [0.717, 1.165) is 12.1 Å². The quantitative estimate of drug-likeness (QED) is 0.716. The molecule has 0 radical (unpaired) electrons. The summed E-state index contributed by atoms with van der Waals surface area (Å²) >= 11 is 0. The number of hydrogen-bond donors (Lipinski definition) is 1. The molecule has 2 aromatic carbocycles. The van der Waals surface area contributed by atoms with Crippen molar-refractivity contribution in [2.75, 3.05) is 5.32 Å². The number of hydrogen-bond acceptors (Lipinski definition) is 3. The average Bonchev–Trinajstić information content (AvgIpc) is 2.97. The third kappa shape index (κ3) is 3.65. The Balaban J connectivity index is 1.95. The second kappa shape index (κ2) is 6.23. The molecule has 1 N–H and O–H groups in total. The zero-order valence-corrected chi connectivity index (χ0v) is 13.5. The van der Waals surface area contributed by atoms with Gasteiger partial charge < -0.3 is 9.73 Å². The van der Waals surface area contributed by atoms with Crippen LogP contribution >= 0.6 is 0 Å². The van der Waals surface area contributed by atoms with E-state index in [1.54, 1.807) is 32.0 Å². The highest BCUT2D eigenvalue weighted by molar-refractivity contribution is 5.94. The fourth-order valence-electron chi connectivity index (χ4n) is 2.24. The van der Waals surface area contributed by atoms with E-state index < -0.39 is 11.7 Å². The van der Waals surface area contributed by atoms with Gasteiger partial charge in [0.2, 0.25) is 11.8 Å². The summed E-state index contributed by atoms with van der Waals surface area (Å²) in [5.41, 5.74) is 0.898. The largest absolute Gasteiger partial charge is 0.436 e. The van der Waals surface area contributed by atoms with Gasteiger partial charge in [0.05, 0.1) is 5.56 Å². The summed E-state index contributed by atoms with van der Waals surface area (Å²) in [6.07, 6.45) is -4.43. The number of nitrogens with zero attached hydrogens (tertiary/aromatic N) is 1. The Morgan fingerprint density at radius 2 is 1.92 bits per heavy atom. The van der Waals surface area contributed by atoms with Crippen LogP contribution in [-0.4, -0.2) is 10.9 Å². The highest BCUT2D eigenvalue weighted by Crippen LogP contribution is 2.33. The predicted molar refractivity (Wildman–Crippen MR) is 87.9 cm³/mol. The molecule has 7 heteroatoms. The van der Waals surface area contributed by atoms with Crippen molar-refractivity contribution in [1.29, 1.82) is 0 Å². The van der Waals surface area contributed by atoms with Crippen LogP contribution in [0, 0.1) is 5.92 Å². The van der Waals surface area contributed by atoms with Crippen molar-refractivity contribution in [3.05, 3.63) is 48.0 Å². The molecular formula is C18H15F3N2O2. The maximum absolute atomic E-state index is 12.8. The first kappa shape index (κ1) is 17.0. The zero-order valence-electron chi connectivity index (χ0n) is 13.5. The van der Waals surface area contributed by atoms with Gasteiger partial charge in [0.25, 0.3) is 0 Å². The number of oxazole rings is 1. The van der Waals surface area contributed by atoms with Gasteiger partial charge in [-0.1, -0.05) is 19.9 Å². The van der Waals surface area contributed by atoms with Crippen LogP contribution in [0.5, 0.6) is 0 Å². The molecule has 1 amide bonds. The van der Waals surface area contributed by atoms with Crippen molar-refractivity contribution in [3.8, 4) is 11.5 Å². The summed E-state index contributed by atoms with van der Waals surface area (Å²) in [7, 11) is 0. The van der Waals surface area contributed by atoms with Gasteiger partial charge in [-0.15, -0.1) is 0 Å². The SMILES string of the molecule is CC(C)C(=O)Nc1ccc2oc(-c3cccc(C(F)(F)F)c3)nc2c1. The molecule has 0 bridgehead atoms. The minimum atomic E-state index is -4.43. The standard InChI is InChI=1S/C18H15F3N2O2/c1-10(2)16(24)22-13-6-7-15-14(9-13)23-17(25-15)11-4-3-5-12(8-11)18(19,20)21/h3-10H,1-2H3,(H,22,24). The van der Waals surface area contributed by atoms with E-state index in [0.29, 0.717) is 16.8 Å². The molecule has 3 rings (SSSR count). The third-order valence-corrected chi connectivity index (χ3v) is 3.62. The highest BCUT2D eigenvalue weighted by Gasteiger charge is 2.30. The lowest BCUT2D eigenvalue weighted by Gasteiger charge is -2.06. The van der Waals surface area contributed by atoms with Crippen LogP contribution in [0.15, 0.2) is 46.9 Å². The highest BCUT2D eigenvalue weighted by atomic mass is 19.4. The fourth-order valence-corrected chi connectivity index (χ4v) is 2.24. The number of rotatable bonds is 3. The minimum Gasteiger partial charge on any atom is -0.436 e. The lowest BCUT2D eigenvalue weighted by atomic mass is 10.1. The Morgan fingerprint density at radius 3 is 2.60 bits per heavy atom. The number of aromatic nitrogens is 1. The van der Waals surface area contributed by atoms with E-state index in [2.05, 4.69) is 10.3 Å². The summed E-state index contributed by atoms with van der Waals surface area (Å²) < 4.78 is 44.0. The molecule has 0 atom stereocenters. The minimum absolute atomic E-state index is 0.0911. The van der Waals surface area contributed by atoms with Crippen LogP contribution in [0.25, 0.3) is 22.6 Å². The number of alkyl halides is 3. The van der Waals surface area contributed by atoms with Crippen LogP contribution in [0.2, 0.25) is 0 Å². The van der Waals surface area contributed by atoms with Crippen LogP contribution in [0.4, 0.5) is 18.9 Å². The molecule has 25 heavy (non-hydrogen) atoms. The number of carbonyl (C=O) groups is 1. The molecule has 0 unspecified atom stereocenters. The van der Waals surface area contributed by atoms with Gasteiger partial charge in [0.1, 0.15) is 5.52 Å². The van der Waals surface area contributed by atoms with Gasteiger partial charge >= 0.3 is 6.18 Å². The van der Waals surface area contributed by atoms with Crippen LogP contribution in [0.3, 0.4) is 0 Å². The number of nitrogens with one attached hydrogen (secondary N) is 1. The molecule has 0 saturated heterocycles. The number of fused-ring (bicyclic) bond motifs is 1. The van der Waals surface area contributed by atoms with Crippen LogP contribution in [0.1, 0.15) is 19.4 Å². The zero-order chi connectivity index (χ0) is 18.2. The molecule has 4 nitrogen and oxygen atoms in total. The van der Waals surface area contributed by atoms with Crippen LogP contribution in [-0.2, 0) is 11.0 Å². The first-order chi connectivity index (χ1) is 11.7. The molecular weight excluding hydrogens is 333 g/mol. The van der Waals surface area contributed by atoms with Gasteiger partial charge in [0.15, 0.2) is 5.58 Å². The summed E-state index contributed by atoms with van der Waals surface area (Å²) in [6.45, 7) is 3.55. The number of amides is 1. The molecule has 0 spiro atoms. The first-order valence-electron chi connectivity index (χ1n) is 7.63. The van der Waals surface area contributed by atoms with Crippen molar-refractivity contribution in [1.82, 2.24) is 4.98 Å². The maximum atomic E-state index is 12.8. The van der Waals surface area contributed by atoms with Gasteiger partial charge in [-0.3, -0.25) is 4.79 Å². The topological polar surface area (TPSA) is 55.1 Å². The van der Waals surface area contributed by atoms with Gasteiger partial charge in [-0.25, -0.2) is 4.98 Å². The fraction of sp³-hybridized carbons (Fsp3) is 0.222. The molecule has 0 saturated carbocycles. The van der Waals surface area contributed by atoms with Crippen LogP contribution < -0.4 is 5.32 Å². The second-order valence-corrected chi connectivity index (χ2v) is 5.92. The van der Waals surface area contributed by atoms with Gasteiger partial charge in [-0.05, 0) is 36.4 Å². The van der Waals surface area contributed by atoms with Crippen molar-refractivity contribution >= 4 is 22.7 Å². The Labute approximate surface area is 141 Å². The molecule has 130 valence electrons. The van der Waals surface area contributed by atoms with E-state index in [1.807, 2.05) is 0 Å². The second-order valence-electron chi connectivity index (χ2n) is 5.92. The summed E-state index contributed by atoms with van der Waals surface area (Å²) in [5, 5.41) is 2.74. The molecule has 0 aliphatic heterocycles. The lowest BCUT2D eigenvalue weighted by molar-refractivity contribution is -0.137. The van der Waals surface area contributed by atoms with E-state index in [9.17, 15) is 18.0 Å². The Morgan fingerprint density at radius 1 is 1.16 bits per heavy atom. The summed E-state index contributed by atoms with van der Waals surface area (Å²) in [6, 6.07) is 9.69. The molecule has 1 aromatic heterocycles. The predicted octanol–water partition coefficient (Wildman–Crippen LogP) is 5.11. The summed E-state index contributed by atoms with van der Waals surface area (Å²) in [5.74, 6) is -0.219. The van der Waals surface area contributed by atoms with E-state index in [4.69, 9.17) is 4.42 Å². The van der Waals surface area contributed by atoms with Gasteiger partial charge in [0, 0.05) is 17.2 Å². The normalized spacial score (nSPS) is 11.9. The first-order valence-corrected chi connectivity index (χ1v) is 7.63. The van der Waals surface area contributed by atoms with Crippen molar-refractivity contribution in [2.45, 2.75) is 20.0 Å². The lowest BCUT2D eigenvalue weighted by Crippen LogP contribution is -2.17. The molecule has 0 fully saturated rings. The number of carbonyl (C=O) groups excluding carboxylic acids is 1. The third-order valence-electron chi connectivity index (χ3n) is 3.62. The van der Waals surface area contributed by atoms with E-state index in [1.165, 1.54) is 12.1 Å². The van der Waals surface area contributed by atoms with Crippen molar-refractivity contribution in [3.63, 3.8) is 0 Å². The monoisotopic (exact) mass is 348 g/mol. The van der Waals surface area contributed by atoms with E-state index in [-0.39, 0.29) is 23.3 Å². The molecule has 3 aromatic rings. The Hall–Kier alpha value is -2.83. The molecule has 0 aliphatic rings.